The lowest BCUT2D eigenvalue weighted by Crippen LogP contribution is -2.41. The molecule has 0 spiro atoms. The molecular weight excluding hydrogens is 572 g/mol. The molecular formula is C35H54N4O4S. The van der Waals surface area contributed by atoms with E-state index in [2.05, 4.69) is 21.9 Å². The third-order valence-electron chi connectivity index (χ3n) is 8.25. The maximum absolute atomic E-state index is 13.6. The van der Waals surface area contributed by atoms with Crippen LogP contribution in [0.25, 0.3) is 11.0 Å². The predicted octanol–water partition coefficient (Wildman–Crippen LogP) is 8.14. The molecule has 2 heterocycles. The molecule has 0 aliphatic heterocycles. The van der Waals surface area contributed by atoms with Gasteiger partial charge in [-0.2, -0.15) is 4.31 Å². The van der Waals surface area contributed by atoms with Crippen molar-refractivity contribution >= 4 is 27.0 Å². The fourth-order valence-electron chi connectivity index (χ4n) is 5.64. The van der Waals surface area contributed by atoms with Crippen LogP contribution < -0.4 is 0 Å². The van der Waals surface area contributed by atoms with E-state index in [1.165, 1.54) is 55.7 Å². The van der Waals surface area contributed by atoms with Gasteiger partial charge in [-0.15, -0.1) is 0 Å². The van der Waals surface area contributed by atoms with E-state index in [-0.39, 0.29) is 23.4 Å². The van der Waals surface area contributed by atoms with Crippen LogP contribution in [0.2, 0.25) is 0 Å². The summed E-state index contributed by atoms with van der Waals surface area (Å²) in [5.41, 5.74) is 3.55. The maximum atomic E-state index is 13.6. The molecule has 0 radical (unpaired) electrons. The Hall–Kier alpha value is -2.78. The van der Waals surface area contributed by atoms with Gasteiger partial charge in [-0.1, -0.05) is 97.1 Å². The first-order valence-corrected chi connectivity index (χ1v) is 18.1. The molecule has 0 unspecified atom stereocenters. The van der Waals surface area contributed by atoms with Crippen molar-refractivity contribution in [2.24, 2.45) is 5.92 Å². The number of H-pyrrole nitrogens is 1. The van der Waals surface area contributed by atoms with E-state index in [1.54, 1.807) is 25.4 Å². The van der Waals surface area contributed by atoms with E-state index >= 15 is 0 Å². The van der Waals surface area contributed by atoms with Crippen molar-refractivity contribution < 1.29 is 17.9 Å². The molecule has 0 saturated heterocycles. The number of aryl methyl sites for hydroxylation is 1. The lowest BCUT2D eigenvalue weighted by atomic mass is 10.0. The van der Waals surface area contributed by atoms with Gasteiger partial charge in [-0.3, -0.25) is 9.78 Å². The molecule has 0 bridgehead atoms. The fraction of sp³-hybridized carbons (Fsp3) is 0.629. The zero-order valence-electron chi connectivity index (χ0n) is 27.6. The van der Waals surface area contributed by atoms with Crippen LogP contribution in [0, 0.1) is 12.8 Å². The molecule has 1 aromatic carbocycles. The molecule has 44 heavy (non-hydrogen) atoms. The van der Waals surface area contributed by atoms with Crippen molar-refractivity contribution in [2.75, 3.05) is 13.7 Å². The van der Waals surface area contributed by atoms with Crippen LogP contribution in [0.3, 0.4) is 0 Å². The molecule has 0 amide bonds. The van der Waals surface area contributed by atoms with E-state index in [0.717, 1.165) is 47.4 Å². The molecule has 1 N–H and O–H groups in total. The number of sulfonamides is 1. The lowest BCUT2D eigenvalue weighted by molar-refractivity contribution is -0.145. The van der Waals surface area contributed by atoms with Crippen molar-refractivity contribution in [2.45, 2.75) is 129 Å². The smallest absolute Gasteiger partial charge is 0.305 e. The highest BCUT2D eigenvalue weighted by Gasteiger charge is 2.29. The van der Waals surface area contributed by atoms with Gasteiger partial charge in [0.15, 0.2) is 0 Å². The Bertz CT molecular complexity index is 1390. The summed E-state index contributed by atoms with van der Waals surface area (Å²) in [4.78, 5) is 25.0. The van der Waals surface area contributed by atoms with Crippen LogP contribution in [-0.4, -0.2) is 53.3 Å². The summed E-state index contributed by atoms with van der Waals surface area (Å²) < 4.78 is 34.2. The molecule has 3 aromatic rings. The lowest BCUT2D eigenvalue weighted by Gasteiger charge is -2.28. The molecule has 1 atom stereocenters. The average molecular weight is 627 g/mol. The highest BCUT2D eigenvalue weighted by molar-refractivity contribution is 7.89. The number of imidazole rings is 1. The first-order chi connectivity index (χ1) is 21.1. The molecule has 0 saturated carbocycles. The number of pyridine rings is 1. The summed E-state index contributed by atoms with van der Waals surface area (Å²) in [6.45, 7) is 8.30. The second-order valence-corrected chi connectivity index (χ2v) is 14.6. The van der Waals surface area contributed by atoms with Gasteiger partial charge >= 0.3 is 5.97 Å². The number of unbranched alkanes of at least 4 members (excludes halogenated alkanes) is 10. The van der Waals surface area contributed by atoms with Crippen molar-refractivity contribution in [3.05, 3.63) is 53.6 Å². The predicted molar refractivity (Wildman–Crippen MR) is 178 cm³/mol. The Kier molecular flexibility index (Phi) is 14.8. The van der Waals surface area contributed by atoms with E-state index in [1.807, 2.05) is 39.0 Å². The quantitative estimate of drug-likeness (QED) is 0.0945. The number of carbonyl (C=O) groups excluding carboxylic acids is 1. The number of carbonyl (C=O) groups is 1. The van der Waals surface area contributed by atoms with E-state index < -0.39 is 16.1 Å². The second-order valence-electron chi connectivity index (χ2n) is 12.6. The number of fused-ring (bicyclic) bond motifs is 1. The van der Waals surface area contributed by atoms with Crippen LogP contribution in [0.15, 0.2) is 41.4 Å². The Morgan fingerprint density at radius 2 is 1.55 bits per heavy atom. The van der Waals surface area contributed by atoms with E-state index in [4.69, 9.17) is 4.74 Å². The summed E-state index contributed by atoms with van der Waals surface area (Å²) in [5, 5.41) is 0. The minimum Gasteiger partial charge on any atom is -0.464 e. The number of ether oxygens (including phenoxy) is 1. The van der Waals surface area contributed by atoms with Gasteiger partial charge in [0, 0.05) is 26.1 Å². The summed E-state index contributed by atoms with van der Waals surface area (Å²) in [6.07, 6.45) is 16.7. The Labute approximate surface area is 265 Å². The van der Waals surface area contributed by atoms with Crippen molar-refractivity contribution in [1.82, 2.24) is 19.3 Å². The molecule has 0 aliphatic rings. The van der Waals surface area contributed by atoms with Gasteiger partial charge in [-0.25, -0.2) is 13.4 Å². The van der Waals surface area contributed by atoms with E-state index in [9.17, 15) is 13.2 Å². The molecule has 0 aliphatic carbocycles. The van der Waals surface area contributed by atoms with Gasteiger partial charge in [0.25, 0.3) is 0 Å². The highest BCUT2D eigenvalue weighted by atomic mass is 32.2. The molecule has 8 nitrogen and oxygen atoms in total. The van der Waals surface area contributed by atoms with Crippen LogP contribution in [0.5, 0.6) is 0 Å². The third-order valence-corrected chi connectivity index (χ3v) is 10.2. The Morgan fingerprint density at radius 1 is 0.932 bits per heavy atom. The number of nitrogens with one attached hydrogen (secondary N) is 1. The fourth-order valence-corrected chi connectivity index (χ4v) is 6.99. The number of hydrogen-bond donors (Lipinski definition) is 1. The van der Waals surface area contributed by atoms with Crippen LogP contribution in [-0.2, 0) is 26.0 Å². The third kappa shape index (κ3) is 11.3. The number of nitrogens with zero attached hydrogens (tertiary/aromatic N) is 3. The zero-order chi connectivity index (χ0) is 32.0. The minimum absolute atomic E-state index is 0.0572. The first kappa shape index (κ1) is 35.7. The van der Waals surface area contributed by atoms with Crippen molar-refractivity contribution in [3.8, 4) is 0 Å². The Balaban J connectivity index is 1.47. The van der Waals surface area contributed by atoms with Crippen LogP contribution in [0.1, 0.15) is 121 Å². The Morgan fingerprint density at radius 3 is 2.16 bits per heavy atom. The molecule has 9 heteroatoms. The van der Waals surface area contributed by atoms with Gasteiger partial charge in [0.2, 0.25) is 10.0 Å². The zero-order valence-corrected chi connectivity index (χ0v) is 28.4. The van der Waals surface area contributed by atoms with Gasteiger partial charge in [0.05, 0.1) is 22.1 Å². The van der Waals surface area contributed by atoms with Crippen LogP contribution >= 0.6 is 0 Å². The highest BCUT2D eigenvalue weighted by Crippen LogP contribution is 2.23. The summed E-state index contributed by atoms with van der Waals surface area (Å²) in [5.74, 6) is 0.821. The molecule has 0 fully saturated rings. The van der Waals surface area contributed by atoms with Crippen molar-refractivity contribution in [1.29, 1.82) is 0 Å². The first-order valence-electron chi connectivity index (χ1n) is 16.6. The summed E-state index contributed by atoms with van der Waals surface area (Å²) in [7, 11) is -2.20. The summed E-state index contributed by atoms with van der Waals surface area (Å²) >= 11 is 0. The second kappa shape index (κ2) is 18.3. The maximum Gasteiger partial charge on any atom is 0.305 e. The topological polar surface area (TPSA) is 105 Å². The normalized spacial score (nSPS) is 12.8. The van der Waals surface area contributed by atoms with Crippen molar-refractivity contribution in [3.63, 3.8) is 0 Å². The van der Waals surface area contributed by atoms with E-state index in [0.29, 0.717) is 19.3 Å². The minimum atomic E-state index is -3.78. The number of hydrogen-bond acceptors (Lipinski definition) is 6. The molecule has 2 aromatic heterocycles. The molecule has 244 valence electrons. The standard InChI is InChI=1S/C35H54N4O4S/c1-6-7-8-9-10-11-12-13-14-15-16-17-34(40)43-26-30(24-27(2)3)39(5)44(41,42)31-20-18-29(19-21-31)25-33-35-32(22-23-36-33)37-28(4)38-35/h18-23,27,30H,6-17,24-26H2,1-5H3,(H,37,38)/t30-/m0/s1. The summed E-state index contributed by atoms with van der Waals surface area (Å²) in [6, 6.07) is 8.39. The molecule has 3 rings (SSSR count). The number of aromatic amines is 1. The number of rotatable bonds is 21. The largest absolute Gasteiger partial charge is 0.464 e. The van der Waals surface area contributed by atoms with Gasteiger partial charge in [-0.05, 0) is 49.4 Å². The number of esters is 1. The van der Waals surface area contributed by atoms with Crippen LogP contribution in [0.4, 0.5) is 0 Å². The van der Waals surface area contributed by atoms with Gasteiger partial charge < -0.3 is 9.72 Å². The number of aromatic nitrogens is 3. The monoisotopic (exact) mass is 626 g/mol. The van der Waals surface area contributed by atoms with Gasteiger partial charge in [0.1, 0.15) is 17.9 Å². The number of likely N-dealkylation sites (N-methyl/N-ethyl adjacent to an activating group) is 1. The average Bonchev–Trinajstić information content (AvgIpc) is 3.39. The SMILES string of the molecule is CCCCCCCCCCCCCC(=O)OC[C@H](CC(C)C)N(C)S(=O)(=O)c1ccc(Cc2nccc3[nH]c(C)nc23)cc1. The number of benzene rings is 1.